The van der Waals surface area contributed by atoms with Gasteiger partial charge in [0.1, 0.15) is 0 Å². The standard InChI is InChI=1S/C14H15N5O3.ClH/c1-19-5-4-15-8-10(19)13-16-14(22-18-13)9-7-12(21-17-9)11-3-2-6-20-11;/h2-3,6-7,10,15H,4-5,8H2,1H3;1H. The SMILES string of the molecule is CN1CCNCC1c1noc(-c2cc(-c3ccco3)on2)n1.Cl. The quantitative estimate of drug-likeness (QED) is 0.775. The lowest BCUT2D eigenvalue weighted by molar-refractivity contribution is 0.190. The summed E-state index contributed by atoms with van der Waals surface area (Å²) in [5.41, 5.74) is 0.497. The van der Waals surface area contributed by atoms with Crippen molar-refractivity contribution in [1.29, 1.82) is 0 Å². The van der Waals surface area contributed by atoms with Crippen LogP contribution in [0.25, 0.3) is 23.1 Å². The van der Waals surface area contributed by atoms with Crippen molar-refractivity contribution >= 4 is 12.4 Å². The third-order valence-corrected chi connectivity index (χ3v) is 3.74. The average Bonchev–Trinajstić information content (AvgIpc) is 3.27. The molecule has 1 N–H and O–H groups in total. The molecule has 1 atom stereocenters. The highest BCUT2D eigenvalue weighted by Gasteiger charge is 2.26. The van der Waals surface area contributed by atoms with Gasteiger partial charge in [0.05, 0.1) is 12.3 Å². The smallest absolute Gasteiger partial charge is 0.280 e. The molecule has 122 valence electrons. The molecule has 1 unspecified atom stereocenters. The minimum atomic E-state index is 0. The number of aromatic nitrogens is 3. The van der Waals surface area contributed by atoms with E-state index in [1.54, 1.807) is 24.5 Å². The Hall–Kier alpha value is -2.16. The molecule has 0 bridgehead atoms. The molecule has 1 aliphatic heterocycles. The van der Waals surface area contributed by atoms with Gasteiger partial charge in [-0.2, -0.15) is 4.98 Å². The van der Waals surface area contributed by atoms with Crippen LogP contribution in [0.4, 0.5) is 0 Å². The summed E-state index contributed by atoms with van der Waals surface area (Å²) >= 11 is 0. The Morgan fingerprint density at radius 3 is 2.96 bits per heavy atom. The van der Waals surface area contributed by atoms with Crippen molar-refractivity contribution in [3.8, 4) is 23.1 Å². The molecule has 0 aromatic carbocycles. The minimum Gasteiger partial charge on any atom is -0.461 e. The Labute approximate surface area is 138 Å². The van der Waals surface area contributed by atoms with E-state index < -0.39 is 0 Å². The molecule has 8 nitrogen and oxygen atoms in total. The van der Waals surface area contributed by atoms with Crippen molar-refractivity contribution in [3.63, 3.8) is 0 Å². The van der Waals surface area contributed by atoms with Crippen LogP contribution < -0.4 is 5.32 Å². The number of furan rings is 1. The van der Waals surface area contributed by atoms with Crippen molar-refractivity contribution in [2.24, 2.45) is 0 Å². The van der Waals surface area contributed by atoms with Gasteiger partial charge in [-0.3, -0.25) is 4.90 Å². The Bertz CT molecular complexity index is 754. The second kappa shape index (κ2) is 6.53. The molecule has 0 spiro atoms. The summed E-state index contributed by atoms with van der Waals surface area (Å²) < 4.78 is 15.8. The molecule has 0 amide bonds. The van der Waals surface area contributed by atoms with Crippen LogP contribution >= 0.6 is 12.4 Å². The summed E-state index contributed by atoms with van der Waals surface area (Å²) in [4.78, 5) is 6.63. The van der Waals surface area contributed by atoms with Crippen LogP contribution in [0.15, 0.2) is 37.9 Å². The summed E-state index contributed by atoms with van der Waals surface area (Å²) in [6, 6.07) is 5.40. The van der Waals surface area contributed by atoms with Gasteiger partial charge < -0.3 is 18.8 Å². The van der Waals surface area contributed by atoms with Gasteiger partial charge in [0.25, 0.3) is 5.89 Å². The summed E-state index contributed by atoms with van der Waals surface area (Å²) in [7, 11) is 2.05. The van der Waals surface area contributed by atoms with E-state index in [0.29, 0.717) is 28.9 Å². The van der Waals surface area contributed by atoms with Crippen LogP contribution in [0.1, 0.15) is 11.9 Å². The lowest BCUT2D eigenvalue weighted by Crippen LogP contribution is -2.44. The maximum Gasteiger partial charge on any atom is 0.280 e. The predicted octanol–water partition coefficient (Wildman–Crippen LogP) is 1.98. The van der Waals surface area contributed by atoms with Crippen molar-refractivity contribution in [2.75, 3.05) is 26.7 Å². The van der Waals surface area contributed by atoms with Crippen molar-refractivity contribution in [3.05, 3.63) is 30.3 Å². The van der Waals surface area contributed by atoms with Crippen LogP contribution in [0.2, 0.25) is 0 Å². The van der Waals surface area contributed by atoms with Gasteiger partial charge in [-0.05, 0) is 19.2 Å². The summed E-state index contributed by atoms with van der Waals surface area (Å²) in [6.45, 7) is 2.71. The van der Waals surface area contributed by atoms with E-state index >= 15 is 0 Å². The predicted molar refractivity (Wildman–Crippen MR) is 83.0 cm³/mol. The van der Waals surface area contributed by atoms with Gasteiger partial charge in [-0.1, -0.05) is 10.3 Å². The zero-order valence-electron chi connectivity index (χ0n) is 12.4. The Kier molecular flexibility index (Phi) is 4.46. The topological polar surface area (TPSA) is 93.4 Å². The zero-order valence-corrected chi connectivity index (χ0v) is 13.2. The van der Waals surface area contributed by atoms with Gasteiger partial charge in [0.15, 0.2) is 17.3 Å². The van der Waals surface area contributed by atoms with Crippen LogP contribution in [0, 0.1) is 0 Å². The highest BCUT2D eigenvalue weighted by Crippen LogP contribution is 2.26. The Morgan fingerprint density at radius 2 is 2.17 bits per heavy atom. The lowest BCUT2D eigenvalue weighted by Gasteiger charge is -2.30. The summed E-state index contributed by atoms with van der Waals surface area (Å²) in [6.07, 6.45) is 1.58. The number of likely N-dealkylation sites (N-methyl/N-ethyl adjacent to an activating group) is 1. The summed E-state index contributed by atoms with van der Waals surface area (Å²) in [5, 5.41) is 11.4. The van der Waals surface area contributed by atoms with Crippen LogP contribution in [-0.2, 0) is 0 Å². The van der Waals surface area contributed by atoms with E-state index in [1.165, 1.54) is 0 Å². The highest BCUT2D eigenvalue weighted by atomic mass is 35.5. The number of halogens is 1. The fourth-order valence-corrected chi connectivity index (χ4v) is 2.48. The molecular formula is C14H16ClN5O3. The summed E-state index contributed by atoms with van der Waals surface area (Å²) in [5.74, 6) is 2.12. The molecule has 0 radical (unpaired) electrons. The third-order valence-electron chi connectivity index (χ3n) is 3.74. The first-order chi connectivity index (χ1) is 10.8. The second-order valence-corrected chi connectivity index (χ2v) is 5.21. The fraction of sp³-hybridized carbons (Fsp3) is 0.357. The van der Waals surface area contributed by atoms with Crippen LogP contribution in [0.3, 0.4) is 0 Å². The molecule has 1 saturated heterocycles. The maximum atomic E-state index is 5.31. The van der Waals surface area contributed by atoms with E-state index in [1.807, 2.05) is 7.05 Å². The Morgan fingerprint density at radius 1 is 1.26 bits per heavy atom. The molecule has 1 fully saturated rings. The van der Waals surface area contributed by atoms with E-state index in [4.69, 9.17) is 13.5 Å². The number of nitrogens with zero attached hydrogens (tertiary/aromatic N) is 4. The van der Waals surface area contributed by atoms with Gasteiger partial charge in [0.2, 0.25) is 5.76 Å². The Balaban J connectivity index is 0.00000156. The minimum absolute atomic E-state index is 0. The van der Waals surface area contributed by atoms with Crippen LogP contribution in [0.5, 0.6) is 0 Å². The molecule has 0 aliphatic carbocycles. The zero-order chi connectivity index (χ0) is 14.9. The van der Waals surface area contributed by atoms with Crippen LogP contribution in [-0.4, -0.2) is 46.9 Å². The van der Waals surface area contributed by atoms with Crippen molar-refractivity contribution in [2.45, 2.75) is 6.04 Å². The molecular weight excluding hydrogens is 322 g/mol. The fourth-order valence-electron chi connectivity index (χ4n) is 2.48. The van der Waals surface area contributed by atoms with Crippen molar-refractivity contribution in [1.82, 2.24) is 25.5 Å². The monoisotopic (exact) mass is 337 g/mol. The maximum absolute atomic E-state index is 5.31. The third kappa shape index (κ3) is 3.00. The van der Waals surface area contributed by atoms with Gasteiger partial charge in [-0.25, -0.2) is 0 Å². The van der Waals surface area contributed by atoms with Gasteiger partial charge in [-0.15, -0.1) is 12.4 Å². The first-order valence-electron chi connectivity index (χ1n) is 7.07. The van der Waals surface area contributed by atoms with E-state index in [2.05, 4.69) is 25.5 Å². The number of nitrogens with one attached hydrogen (secondary N) is 1. The number of hydrogen-bond donors (Lipinski definition) is 1. The molecule has 9 heteroatoms. The normalized spacial score (nSPS) is 18.7. The van der Waals surface area contributed by atoms with E-state index in [9.17, 15) is 0 Å². The van der Waals surface area contributed by atoms with Gasteiger partial charge >= 0.3 is 0 Å². The molecule has 4 heterocycles. The number of rotatable bonds is 3. The highest BCUT2D eigenvalue weighted by molar-refractivity contribution is 5.85. The molecule has 4 rings (SSSR count). The van der Waals surface area contributed by atoms with Crippen molar-refractivity contribution < 1.29 is 13.5 Å². The molecule has 0 saturated carbocycles. The molecule has 3 aromatic heterocycles. The first-order valence-corrected chi connectivity index (χ1v) is 7.07. The van der Waals surface area contributed by atoms with Gasteiger partial charge in [0, 0.05) is 25.7 Å². The average molecular weight is 338 g/mol. The lowest BCUT2D eigenvalue weighted by atomic mass is 10.2. The van der Waals surface area contributed by atoms with E-state index in [0.717, 1.165) is 19.6 Å². The molecule has 1 aliphatic rings. The largest absolute Gasteiger partial charge is 0.461 e. The second-order valence-electron chi connectivity index (χ2n) is 5.21. The molecule has 23 heavy (non-hydrogen) atoms. The molecule has 3 aromatic rings. The number of piperazine rings is 1. The first kappa shape index (κ1) is 15.7. The van der Waals surface area contributed by atoms with E-state index in [-0.39, 0.29) is 18.4 Å². The number of hydrogen-bond acceptors (Lipinski definition) is 8.